The Morgan fingerprint density at radius 3 is 2.47 bits per heavy atom. The van der Waals surface area contributed by atoms with Crippen molar-refractivity contribution in [2.75, 3.05) is 13.7 Å². The van der Waals surface area contributed by atoms with Crippen molar-refractivity contribution < 1.29 is 9.53 Å². The molecule has 3 heteroatoms. The van der Waals surface area contributed by atoms with Crippen molar-refractivity contribution in [3.63, 3.8) is 0 Å². The molecule has 0 N–H and O–H groups in total. The van der Waals surface area contributed by atoms with Crippen LogP contribution in [-0.2, 0) is 9.53 Å². The van der Waals surface area contributed by atoms with Gasteiger partial charge in [0, 0.05) is 12.6 Å². The molecule has 2 fully saturated rings. The predicted octanol–water partition coefficient (Wildman–Crippen LogP) is 2.59. The van der Waals surface area contributed by atoms with Crippen LogP contribution in [0.1, 0.15) is 51.9 Å². The Balaban J connectivity index is 1.95. The molecule has 0 aromatic carbocycles. The quantitative estimate of drug-likeness (QED) is 0.706. The van der Waals surface area contributed by atoms with Crippen LogP contribution in [0.15, 0.2) is 0 Å². The van der Waals surface area contributed by atoms with Gasteiger partial charge in [0.1, 0.15) is 6.04 Å². The Kier molecular flexibility index (Phi) is 4.43. The number of hydrogen-bond donors (Lipinski definition) is 0. The van der Waals surface area contributed by atoms with Gasteiger partial charge in [-0.05, 0) is 31.6 Å². The molecular weight excluding hydrogens is 214 g/mol. The van der Waals surface area contributed by atoms with Crippen LogP contribution >= 0.6 is 0 Å². The number of likely N-dealkylation sites (tertiary alicyclic amines) is 1. The second kappa shape index (κ2) is 5.85. The first-order chi connectivity index (χ1) is 8.27. The third kappa shape index (κ3) is 2.65. The topological polar surface area (TPSA) is 29.5 Å². The molecule has 2 rings (SSSR count). The second-order valence-electron chi connectivity index (χ2n) is 5.44. The lowest BCUT2D eigenvalue weighted by molar-refractivity contribution is -0.155. The van der Waals surface area contributed by atoms with Crippen molar-refractivity contribution in [1.82, 2.24) is 4.90 Å². The van der Waals surface area contributed by atoms with E-state index in [1.807, 2.05) is 0 Å². The molecule has 1 aliphatic heterocycles. The fourth-order valence-electron chi connectivity index (χ4n) is 3.55. The largest absolute Gasteiger partial charge is 0.468 e. The lowest BCUT2D eigenvalue weighted by atomic mass is 9.80. The SMILES string of the molecule is CCC(C1CCCCC1)N1CCC1C(=O)OC. The van der Waals surface area contributed by atoms with Gasteiger partial charge in [-0.15, -0.1) is 0 Å². The molecule has 0 aromatic rings. The average Bonchev–Trinajstić information content (AvgIpc) is 2.35. The van der Waals surface area contributed by atoms with Crippen LogP contribution in [0, 0.1) is 5.92 Å². The van der Waals surface area contributed by atoms with E-state index in [-0.39, 0.29) is 12.0 Å². The predicted molar refractivity (Wildman–Crippen MR) is 67.8 cm³/mol. The van der Waals surface area contributed by atoms with Crippen LogP contribution in [0.2, 0.25) is 0 Å². The maximum Gasteiger partial charge on any atom is 0.323 e. The molecule has 0 bridgehead atoms. The van der Waals surface area contributed by atoms with E-state index in [1.165, 1.54) is 39.2 Å². The van der Waals surface area contributed by atoms with Crippen molar-refractivity contribution in [2.45, 2.75) is 64.0 Å². The van der Waals surface area contributed by atoms with Gasteiger partial charge < -0.3 is 4.74 Å². The molecule has 2 atom stereocenters. The van der Waals surface area contributed by atoms with Gasteiger partial charge in [0.05, 0.1) is 7.11 Å². The summed E-state index contributed by atoms with van der Waals surface area (Å²) in [6.45, 7) is 3.33. The van der Waals surface area contributed by atoms with Crippen molar-refractivity contribution in [3.05, 3.63) is 0 Å². The van der Waals surface area contributed by atoms with E-state index in [1.54, 1.807) is 0 Å². The molecule has 1 saturated heterocycles. The molecule has 3 nitrogen and oxygen atoms in total. The maximum atomic E-state index is 11.6. The highest BCUT2D eigenvalue weighted by molar-refractivity contribution is 5.76. The van der Waals surface area contributed by atoms with Gasteiger partial charge in [0.2, 0.25) is 0 Å². The molecule has 17 heavy (non-hydrogen) atoms. The number of nitrogens with zero attached hydrogens (tertiary/aromatic N) is 1. The van der Waals surface area contributed by atoms with Crippen LogP contribution in [-0.4, -0.2) is 36.6 Å². The molecule has 0 aromatic heterocycles. The third-order valence-corrected chi connectivity index (χ3v) is 4.57. The van der Waals surface area contributed by atoms with E-state index in [4.69, 9.17) is 4.74 Å². The normalized spacial score (nSPS) is 28.5. The number of carbonyl (C=O) groups excluding carboxylic acids is 1. The minimum absolute atomic E-state index is 0.0366. The molecule has 2 unspecified atom stereocenters. The van der Waals surface area contributed by atoms with Gasteiger partial charge in [-0.3, -0.25) is 9.69 Å². The van der Waals surface area contributed by atoms with Crippen LogP contribution in [0.3, 0.4) is 0 Å². The zero-order chi connectivity index (χ0) is 12.3. The lowest BCUT2D eigenvalue weighted by Gasteiger charge is -2.47. The monoisotopic (exact) mass is 239 g/mol. The Morgan fingerprint density at radius 2 is 2.00 bits per heavy atom. The first-order valence-electron chi connectivity index (χ1n) is 7.11. The summed E-state index contributed by atoms with van der Waals surface area (Å²) in [6, 6.07) is 0.653. The summed E-state index contributed by atoms with van der Waals surface area (Å²) in [7, 11) is 1.50. The smallest absolute Gasteiger partial charge is 0.323 e. The van der Waals surface area contributed by atoms with E-state index in [0.717, 1.165) is 25.3 Å². The number of methoxy groups -OCH3 is 1. The number of esters is 1. The first-order valence-corrected chi connectivity index (χ1v) is 7.11. The van der Waals surface area contributed by atoms with E-state index < -0.39 is 0 Å². The van der Waals surface area contributed by atoms with Crippen molar-refractivity contribution in [1.29, 1.82) is 0 Å². The second-order valence-corrected chi connectivity index (χ2v) is 5.44. The fourth-order valence-corrected chi connectivity index (χ4v) is 3.55. The molecule has 0 amide bonds. The zero-order valence-electron chi connectivity index (χ0n) is 11.2. The summed E-state index contributed by atoms with van der Waals surface area (Å²) in [5.41, 5.74) is 0. The Morgan fingerprint density at radius 1 is 1.29 bits per heavy atom. The Labute approximate surface area is 105 Å². The standard InChI is InChI=1S/C14H25NO2/c1-3-12(11-7-5-4-6-8-11)15-10-9-13(15)14(16)17-2/h11-13H,3-10H2,1-2H3. The molecule has 98 valence electrons. The molecule has 1 saturated carbocycles. The summed E-state index contributed by atoms with van der Waals surface area (Å²) >= 11 is 0. The summed E-state index contributed by atoms with van der Waals surface area (Å²) in [4.78, 5) is 14.0. The minimum atomic E-state index is -0.0366. The fraction of sp³-hybridized carbons (Fsp3) is 0.929. The van der Waals surface area contributed by atoms with E-state index >= 15 is 0 Å². The first kappa shape index (κ1) is 12.9. The maximum absolute atomic E-state index is 11.6. The van der Waals surface area contributed by atoms with E-state index in [9.17, 15) is 4.79 Å². The van der Waals surface area contributed by atoms with Crippen molar-refractivity contribution >= 4 is 5.97 Å². The van der Waals surface area contributed by atoms with Crippen LogP contribution < -0.4 is 0 Å². The van der Waals surface area contributed by atoms with E-state index in [0.29, 0.717) is 6.04 Å². The van der Waals surface area contributed by atoms with Crippen molar-refractivity contribution in [3.8, 4) is 0 Å². The molecule has 0 radical (unpaired) electrons. The van der Waals surface area contributed by atoms with Gasteiger partial charge >= 0.3 is 5.97 Å². The lowest BCUT2D eigenvalue weighted by Crippen LogP contribution is -2.59. The van der Waals surface area contributed by atoms with Crippen LogP contribution in [0.4, 0.5) is 0 Å². The van der Waals surface area contributed by atoms with Crippen LogP contribution in [0.5, 0.6) is 0 Å². The van der Waals surface area contributed by atoms with Gasteiger partial charge in [-0.25, -0.2) is 0 Å². The Bertz CT molecular complexity index is 261. The third-order valence-electron chi connectivity index (χ3n) is 4.57. The molecule has 1 heterocycles. The summed E-state index contributed by atoms with van der Waals surface area (Å²) < 4.78 is 4.89. The average molecular weight is 239 g/mol. The highest BCUT2D eigenvalue weighted by atomic mass is 16.5. The number of ether oxygens (including phenoxy) is 1. The van der Waals surface area contributed by atoms with E-state index in [2.05, 4.69) is 11.8 Å². The van der Waals surface area contributed by atoms with Gasteiger partial charge in [-0.2, -0.15) is 0 Å². The zero-order valence-corrected chi connectivity index (χ0v) is 11.2. The number of carbonyl (C=O) groups is 1. The molecular formula is C14H25NO2. The van der Waals surface area contributed by atoms with Gasteiger partial charge in [-0.1, -0.05) is 26.2 Å². The number of rotatable bonds is 4. The molecule has 0 spiro atoms. The summed E-state index contributed by atoms with van der Waals surface area (Å²) in [5.74, 6) is 0.770. The minimum Gasteiger partial charge on any atom is -0.468 e. The number of hydrogen-bond acceptors (Lipinski definition) is 3. The van der Waals surface area contributed by atoms with Crippen LogP contribution in [0.25, 0.3) is 0 Å². The van der Waals surface area contributed by atoms with Crippen molar-refractivity contribution in [2.24, 2.45) is 5.92 Å². The molecule has 1 aliphatic carbocycles. The van der Waals surface area contributed by atoms with Gasteiger partial charge in [0.25, 0.3) is 0 Å². The Hall–Kier alpha value is -0.570. The summed E-state index contributed by atoms with van der Waals surface area (Å²) in [6.07, 6.45) is 8.99. The summed E-state index contributed by atoms with van der Waals surface area (Å²) in [5, 5.41) is 0. The molecule has 2 aliphatic rings. The highest BCUT2D eigenvalue weighted by Gasteiger charge is 2.41. The highest BCUT2D eigenvalue weighted by Crippen LogP contribution is 2.34. The van der Waals surface area contributed by atoms with Gasteiger partial charge in [0.15, 0.2) is 0 Å².